The zero-order valence-electron chi connectivity index (χ0n) is 10.2. The quantitative estimate of drug-likeness (QED) is 0.618. The minimum Gasteiger partial charge on any atom is -0.478 e. The molecule has 102 valence electrons. The number of aromatic carboxylic acids is 1. The molecule has 0 unspecified atom stereocenters. The maximum Gasteiger partial charge on any atom is 0.337 e. The van der Waals surface area contributed by atoms with E-state index in [2.05, 4.69) is 10.3 Å². The number of carbonyl (C=O) groups excluding carboxylic acids is 1. The largest absolute Gasteiger partial charge is 0.478 e. The Morgan fingerprint density at radius 2 is 1.95 bits per heavy atom. The van der Waals surface area contributed by atoms with Gasteiger partial charge in [-0.1, -0.05) is 0 Å². The van der Waals surface area contributed by atoms with Gasteiger partial charge in [-0.15, -0.1) is 0 Å². The molecule has 1 amide bonds. The lowest BCUT2D eigenvalue weighted by Crippen LogP contribution is -2.22. The van der Waals surface area contributed by atoms with Gasteiger partial charge in [0.05, 0.1) is 11.3 Å². The molecule has 0 fully saturated rings. The third kappa shape index (κ3) is 2.66. The van der Waals surface area contributed by atoms with Crippen LogP contribution in [-0.2, 0) is 0 Å². The number of benzene rings is 1. The Labute approximate surface area is 113 Å². The van der Waals surface area contributed by atoms with Crippen LogP contribution in [0.3, 0.4) is 0 Å². The summed E-state index contributed by atoms with van der Waals surface area (Å²) in [5.41, 5.74) is 5.11. The molecule has 0 spiro atoms. The van der Waals surface area contributed by atoms with Crippen molar-refractivity contribution in [1.29, 1.82) is 0 Å². The number of aromatic nitrogens is 1. The van der Waals surface area contributed by atoms with Crippen LogP contribution in [0, 0.1) is 0 Å². The Balaban J connectivity index is 2.36. The van der Waals surface area contributed by atoms with Gasteiger partial charge in [-0.2, -0.15) is 0 Å². The summed E-state index contributed by atoms with van der Waals surface area (Å²) in [6.07, 6.45) is 2.64. The maximum atomic E-state index is 11.9. The van der Waals surface area contributed by atoms with Crippen LogP contribution < -0.4 is 16.5 Å². The highest BCUT2D eigenvalue weighted by Gasteiger charge is 2.15. The molecule has 0 radical (unpaired) electrons. The minimum absolute atomic E-state index is 0.0694. The molecule has 1 heterocycles. The second-order valence-electron chi connectivity index (χ2n) is 3.99. The first-order valence-electron chi connectivity index (χ1n) is 5.60. The van der Waals surface area contributed by atoms with E-state index >= 15 is 0 Å². The van der Waals surface area contributed by atoms with Gasteiger partial charge in [0.1, 0.15) is 5.56 Å². The van der Waals surface area contributed by atoms with Crippen LogP contribution in [0.4, 0.5) is 11.4 Å². The molecule has 0 atom stereocenters. The van der Waals surface area contributed by atoms with Gasteiger partial charge in [0.2, 0.25) is 0 Å². The molecule has 1 aromatic heterocycles. The number of carboxylic acid groups (broad SMARTS) is 1. The summed E-state index contributed by atoms with van der Waals surface area (Å²) >= 11 is 0. The van der Waals surface area contributed by atoms with Crippen LogP contribution in [0.1, 0.15) is 20.7 Å². The highest BCUT2D eigenvalue weighted by molar-refractivity contribution is 6.07. The average molecular weight is 273 g/mol. The Morgan fingerprint density at radius 1 is 1.20 bits per heavy atom. The van der Waals surface area contributed by atoms with Gasteiger partial charge in [-0.25, -0.2) is 4.79 Å². The second kappa shape index (κ2) is 5.27. The highest BCUT2D eigenvalue weighted by atomic mass is 16.4. The SMILES string of the molecule is Nc1ccc(NC(=O)c2c[nH]ccc2=O)c(C(=O)O)c1. The number of carboxylic acids is 1. The van der Waals surface area contributed by atoms with Gasteiger partial charge < -0.3 is 21.1 Å². The normalized spacial score (nSPS) is 10.0. The van der Waals surface area contributed by atoms with E-state index in [4.69, 9.17) is 10.8 Å². The van der Waals surface area contributed by atoms with E-state index in [1.807, 2.05) is 0 Å². The van der Waals surface area contributed by atoms with Crippen molar-refractivity contribution >= 4 is 23.3 Å². The molecule has 1 aromatic carbocycles. The van der Waals surface area contributed by atoms with Crippen LogP contribution in [0.15, 0.2) is 41.5 Å². The fourth-order valence-electron chi connectivity index (χ4n) is 1.63. The van der Waals surface area contributed by atoms with E-state index in [9.17, 15) is 14.4 Å². The number of amides is 1. The molecule has 2 aromatic rings. The van der Waals surface area contributed by atoms with E-state index in [-0.39, 0.29) is 22.5 Å². The van der Waals surface area contributed by atoms with Crippen LogP contribution in [0.25, 0.3) is 0 Å². The third-order valence-electron chi connectivity index (χ3n) is 2.59. The van der Waals surface area contributed by atoms with E-state index < -0.39 is 17.3 Å². The molecule has 0 aliphatic carbocycles. The predicted molar refractivity (Wildman–Crippen MR) is 72.8 cm³/mol. The van der Waals surface area contributed by atoms with Gasteiger partial charge >= 0.3 is 5.97 Å². The smallest absolute Gasteiger partial charge is 0.337 e. The van der Waals surface area contributed by atoms with Crippen molar-refractivity contribution in [3.63, 3.8) is 0 Å². The molecule has 7 heteroatoms. The lowest BCUT2D eigenvalue weighted by Gasteiger charge is -2.08. The summed E-state index contributed by atoms with van der Waals surface area (Å²) in [4.78, 5) is 37.1. The third-order valence-corrected chi connectivity index (χ3v) is 2.59. The van der Waals surface area contributed by atoms with Crippen molar-refractivity contribution in [2.24, 2.45) is 0 Å². The number of nitrogen functional groups attached to an aromatic ring is 1. The van der Waals surface area contributed by atoms with E-state index in [0.29, 0.717) is 0 Å². The molecule has 0 bridgehead atoms. The monoisotopic (exact) mass is 273 g/mol. The van der Waals surface area contributed by atoms with Crippen LogP contribution in [-0.4, -0.2) is 22.0 Å². The van der Waals surface area contributed by atoms with Crippen molar-refractivity contribution in [3.8, 4) is 0 Å². The van der Waals surface area contributed by atoms with Crippen LogP contribution >= 0.6 is 0 Å². The second-order valence-corrected chi connectivity index (χ2v) is 3.99. The number of aromatic amines is 1. The van der Waals surface area contributed by atoms with Gasteiger partial charge in [0.15, 0.2) is 5.43 Å². The first-order chi connectivity index (χ1) is 9.49. The van der Waals surface area contributed by atoms with Gasteiger partial charge in [0.25, 0.3) is 5.91 Å². The number of hydrogen-bond donors (Lipinski definition) is 4. The van der Waals surface area contributed by atoms with Gasteiger partial charge in [-0.3, -0.25) is 9.59 Å². The van der Waals surface area contributed by atoms with Crippen molar-refractivity contribution in [2.45, 2.75) is 0 Å². The van der Waals surface area contributed by atoms with Crippen molar-refractivity contribution in [1.82, 2.24) is 4.98 Å². The van der Waals surface area contributed by atoms with Crippen molar-refractivity contribution < 1.29 is 14.7 Å². The molecule has 2 rings (SSSR count). The summed E-state index contributed by atoms with van der Waals surface area (Å²) < 4.78 is 0. The van der Waals surface area contributed by atoms with Crippen molar-refractivity contribution in [2.75, 3.05) is 11.1 Å². The summed E-state index contributed by atoms with van der Waals surface area (Å²) in [5.74, 6) is -1.92. The Kier molecular flexibility index (Phi) is 3.52. The number of hydrogen-bond acceptors (Lipinski definition) is 4. The van der Waals surface area contributed by atoms with Crippen molar-refractivity contribution in [3.05, 3.63) is 58.0 Å². The van der Waals surface area contributed by atoms with Crippen LogP contribution in [0.5, 0.6) is 0 Å². The molecular formula is C13H11N3O4. The zero-order valence-corrected chi connectivity index (χ0v) is 10.2. The first-order valence-corrected chi connectivity index (χ1v) is 5.60. The fourth-order valence-corrected chi connectivity index (χ4v) is 1.63. The summed E-state index contributed by atoms with van der Waals surface area (Å²) in [7, 11) is 0. The topological polar surface area (TPSA) is 125 Å². The predicted octanol–water partition coefficient (Wildman–Crippen LogP) is 0.908. The first kappa shape index (κ1) is 13.3. The number of carbonyl (C=O) groups is 2. The fraction of sp³-hybridized carbons (Fsp3) is 0. The summed E-state index contributed by atoms with van der Waals surface area (Å²) in [6, 6.07) is 5.26. The minimum atomic E-state index is -1.23. The lowest BCUT2D eigenvalue weighted by molar-refractivity contribution is 0.0698. The highest BCUT2D eigenvalue weighted by Crippen LogP contribution is 2.19. The van der Waals surface area contributed by atoms with E-state index in [0.717, 1.165) is 0 Å². The summed E-state index contributed by atoms with van der Waals surface area (Å²) in [6.45, 7) is 0. The maximum absolute atomic E-state index is 11.9. The number of rotatable bonds is 3. The molecule has 7 nitrogen and oxygen atoms in total. The molecule has 0 aliphatic rings. The lowest BCUT2D eigenvalue weighted by atomic mass is 10.1. The average Bonchev–Trinajstić information content (AvgIpc) is 2.41. The Hall–Kier alpha value is -3.09. The number of anilines is 2. The molecule has 20 heavy (non-hydrogen) atoms. The molecule has 0 saturated heterocycles. The zero-order chi connectivity index (χ0) is 14.7. The molecular weight excluding hydrogens is 262 g/mol. The standard InChI is InChI=1S/C13H11N3O4/c14-7-1-2-10(8(5-7)13(19)20)16-12(18)9-6-15-4-3-11(9)17/h1-6H,14H2,(H,15,17)(H,16,18)(H,19,20). The van der Waals surface area contributed by atoms with E-state index in [1.165, 1.54) is 36.7 Å². The molecule has 5 N–H and O–H groups in total. The van der Waals surface area contributed by atoms with Gasteiger partial charge in [0, 0.05) is 24.1 Å². The molecule has 0 aliphatic heterocycles. The number of nitrogens with two attached hydrogens (primary N) is 1. The Morgan fingerprint density at radius 3 is 2.60 bits per heavy atom. The number of nitrogens with one attached hydrogen (secondary N) is 2. The van der Waals surface area contributed by atoms with Crippen LogP contribution in [0.2, 0.25) is 0 Å². The van der Waals surface area contributed by atoms with Gasteiger partial charge in [-0.05, 0) is 18.2 Å². The number of pyridine rings is 1. The Bertz CT molecular complexity index is 736. The summed E-state index contributed by atoms with van der Waals surface area (Å²) in [5, 5.41) is 11.4. The van der Waals surface area contributed by atoms with E-state index in [1.54, 1.807) is 0 Å². The number of H-pyrrole nitrogens is 1. The molecule has 0 saturated carbocycles.